The second-order valence-electron chi connectivity index (χ2n) is 6.89. The maximum absolute atomic E-state index is 11.8. The van der Waals surface area contributed by atoms with E-state index in [1.54, 1.807) is 13.8 Å². The average Bonchev–Trinajstić information content (AvgIpc) is 2.96. The van der Waals surface area contributed by atoms with E-state index in [1.165, 1.54) is 0 Å². The Bertz CT molecular complexity index is 459. The molecule has 0 spiro atoms. The van der Waals surface area contributed by atoms with Crippen LogP contribution in [-0.2, 0) is 19.1 Å². The monoisotopic (exact) mass is 300 g/mol. The number of hydrogen-bond acceptors (Lipinski definition) is 4. The summed E-state index contributed by atoms with van der Waals surface area (Å²) in [4.78, 5) is 23.4. The summed E-state index contributed by atoms with van der Waals surface area (Å²) in [5.41, 5.74) is -1.85. The summed E-state index contributed by atoms with van der Waals surface area (Å²) in [6.45, 7) is 9.10. The zero-order valence-electron chi connectivity index (χ0n) is 13.1. The lowest BCUT2D eigenvalue weighted by molar-refractivity contribution is -0.241. The fourth-order valence-electron chi connectivity index (χ4n) is 3.40. The summed E-state index contributed by atoms with van der Waals surface area (Å²) in [5.74, 6) is -3.97. The second kappa shape index (κ2) is 4.95. The van der Waals surface area contributed by atoms with Gasteiger partial charge in [-0.05, 0) is 18.3 Å². The molecule has 0 amide bonds. The molecule has 0 aromatic carbocycles. The van der Waals surface area contributed by atoms with Gasteiger partial charge in [0.25, 0.3) is 0 Å². The molecule has 6 heteroatoms. The molecule has 5 atom stereocenters. The third-order valence-corrected chi connectivity index (χ3v) is 4.87. The van der Waals surface area contributed by atoms with Crippen molar-refractivity contribution in [3.8, 4) is 0 Å². The van der Waals surface area contributed by atoms with Crippen LogP contribution >= 0.6 is 0 Å². The van der Waals surface area contributed by atoms with Crippen molar-refractivity contribution in [2.45, 2.75) is 58.5 Å². The fourth-order valence-corrected chi connectivity index (χ4v) is 3.40. The van der Waals surface area contributed by atoms with Gasteiger partial charge in [0.05, 0.1) is 0 Å². The Morgan fingerprint density at radius 1 is 1.14 bits per heavy atom. The highest BCUT2D eigenvalue weighted by atomic mass is 16.8. The molecule has 1 unspecified atom stereocenters. The predicted octanol–water partition coefficient (Wildman–Crippen LogP) is 1.97. The zero-order valence-corrected chi connectivity index (χ0v) is 13.1. The van der Waals surface area contributed by atoms with Crippen LogP contribution in [0.3, 0.4) is 0 Å². The fraction of sp³-hybridized carbons (Fsp3) is 0.867. The van der Waals surface area contributed by atoms with Crippen molar-refractivity contribution in [3.05, 3.63) is 0 Å². The van der Waals surface area contributed by atoms with E-state index >= 15 is 0 Å². The molecule has 1 heterocycles. The Kier molecular flexibility index (Phi) is 3.83. The van der Waals surface area contributed by atoms with Gasteiger partial charge in [-0.25, -0.2) is 9.59 Å². The molecule has 0 bridgehead atoms. The summed E-state index contributed by atoms with van der Waals surface area (Å²) in [6, 6.07) is 0. The summed E-state index contributed by atoms with van der Waals surface area (Å²) >= 11 is 0. The van der Waals surface area contributed by atoms with Crippen LogP contribution in [0.1, 0.15) is 41.0 Å². The maximum atomic E-state index is 11.8. The van der Waals surface area contributed by atoms with E-state index in [4.69, 9.17) is 9.47 Å². The number of rotatable bonds is 5. The standard InChI is InChI=1S/C15H24O6/c1-7(2)14(13(18)19)11(12(16)17)20-15(21-14,8(3)4)10-6-9(10)5/h7-11H,6H2,1-5H3,(H,16,17)(H,18,19)/t9-,10-,11+,14-,15?/m0/s1. The minimum atomic E-state index is -1.85. The van der Waals surface area contributed by atoms with Crippen molar-refractivity contribution in [1.82, 2.24) is 0 Å². The number of carboxylic acid groups (broad SMARTS) is 2. The van der Waals surface area contributed by atoms with Gasteiger partial charge in [-0.3, -0.25) is 0 Å². The van der Waals surface area contributed by atoms with Crippen LogP contribution in [0, 0.1) is 23.7 Å². The first-order valence-electron chi connectivity index (χ1n) is 7.43. The summed E-state index contributed by atoms with van der Waals surface area (Å²) < 4.78 is 11.8. The smallest absolute Gasteiger partial charge is 0.339 e. The first kappa shape index (κ1) is 16.2. The Labute approximate surface area is 124 Å². The molecule has 1 aliphatic heterocycles. The van der Waals surface area contributed by atoms with Crippen LogP contribution in [0.4, 0.5) is 0 Å². The van der Waals surface area contributed by atoms with Gasteiger partial charge >= 0.3 is 11.9 Å². The predicted molar refractivity (Wildman–Crippen MR) is 73.6 cm³/mol. The number of carbonyl (C=O) groups is 2. The Balaban J connectivity index is 2.51. The van der Waals surface area contributed by atoms with Crippen molar-refractivity contribution in [1.29, 1.82) is 0 Å². The molecule has 2 rings (SSSR count). The lowest BCUT2D eigenvalue weighted by atomic mass is 9.84. The van der Waals surface area contributed by atoms with Crippen LogP contribution in [-0.4, -0.2) is 39.6 Å². The van der Waals surface area contributed by atoms with E-state index in [0.29, 0.717) is 5.92 Å². The van der Waals surface area contributed by atoms with Crippen molar-refractivity contribution in [3.63, 3.8) is 0 Å². The van der Waals surface area contributed by atoms with E-state index in [2.05, 4.69) is 0 Å². The topological polar surface area (TPSA) is 93.1 Å². The third kappa shape index (κ3) is 2.16. The van der Waals surface area contributed by atoms with Crippen molar-refractivity contribution in [2.75, 3.05) is 0 Å². The molecule has 2 aliphatic rings. The van der Waals surface area contributed by atoms with Crippen molar-refractivity contribution >= 4 is 11.9 Å². The molecule has 0 aromatic rings. The number of aliphatic carboxylic acids is 2. The minimum Gasteiger partial charge on any atom is -0.479 e. The van der Waals surface area contributed by atoms with Gasteiger partial charge in [0.15, 0.2) is 11.9 Å². The highest BCUT2D eigenvalue weighted by Gasteiger charge is 2.71. The molecule has 21 heavy (non-hydrogen) atoms. The van der Waals surface area contributed by atoms with Gasteiger partial charge in [0.1, 0.15) is 0 Å². The van der Waals surface area contributed by atoms with Gasteiger partial charge in [-0.2, -0.15) is 0 Å². The van der Waals surface area contributed by atoms with E-state index in [1.807, 2.05) is 20.8 Å². The Morgan fingerprint density at radius 3 is 1.90 bits per heavy atom. The minimum absolute atomic E-state index is 0.0410. The Hall–Kier alpha value is -1.14. The average molecular weight is 300 g/mol. The molecule has 2 N–H and O–H groups in total. The van der Waals surface area contributed by atoms with E-state index in [-0.39, 0.29) is 11.8 Å². The van der Waals surface area contributed by atoms with Crippen LogP contribution in [0.5, 0.6) is 0 Å². The molecule has 1 saturated carbocycles. The highest BCUT2D eigenvalue weighted by Crippen LogP contribution is 2.58. The molecule has 6 nitrogen and oxygen atoms in total. The second-order valence-corrected chi connectivity index (χ2v) is 6.89. The molecule has 1 aliphatic carbocycles. The molecule has 0 radical (unpaired) electrons. The summed E-state index contributed by atoms with van der Waals surface area (Å²) in [6.07, 6.45) is -0.636. The largest absolute Gasteiger partial charge is 0.479 e. The zero-order chi connectivity index (χ0) is 16.2. The summed E-state index contributed by atoms with van der Waals surface area (Å²) in [7, 11) is 0. The normalized spacial score (nSPS) is 42.5. The van der Waals surface area contributed by atoms with E-state index < -0.39 is 35.3 Å². The van der Waals surface area contributed by atoms with Gasteiger partial charge in [0, 0.05) is 11.8 Å². The first-order chi connectivity index (χ1) is 9.59. The van der Waals surface area contributed by atoms with Gasteiger partial charge in [-0.1, -0.05) is 34.6 Å². The van der Waals surface area contributed by atoms with Crippen molar-refractivity contribution in [2.24, 2.45) is 23.7 Å². The SMILES string of the molecule is CC(C)C1([C@H]2C[C@@H]2C)O[C@H](C(=O)O)[C@](C(=O)O)(C(C)C)O1. The number of ether oxygens (including phenoxy) is 2. The van der Waals surface area contributed by atoms with Crippen LogP contribution < -0.4 is 0 Å². The van der Waals surface area contributed by atoms with Crippen molar-refractivity contribution < 1.29 is 29.3 Å². The molecule has 120 valence electrons. The summed E-state index contributed by atoms with van der Waals surface area (Å²) in [5, 5.41) is 19.1. The van der Waals surface area contributed by atoms with E-state index in [0.717, 1.165) is 6.42 Å². The quantitative estimate of drug-likeness (QED) is 0.806. The van der Waals surface area contributed by atoms with Crippen LogP contribution in [0.15, 0.2) is 0 Å². The molecular formula is C15H24O6. The lowest BCUT2D eigenvalue weighted by Crippen LogP contribution is -2.55. The lowest BCUT2D eigenvalue weighted by Gasteiger charge is -2.35. The molecule has 2 fully saturated rings. The third-order valence-electron chi connectivity index (χ3n) is 4.87. The van der Waals surface area contributed by atoms with Gasteiger partial charge < -0.3 is 19.7 Å². The van der Waals surface area contributed by atoms with Gasteiger partial charge in [0.2, 0.25) is 5.60 Å². The maximum Gasteiger partial charge on any atom is 0.339 e. The number of carboxylic acids is 2. The number of hydrogen-bond donors (Lipinski definition) is 2. The molecule has 0 aromatic heterocycles. The molecular weight excluding hydrogens is 276 g/mol. The Morgan fingerprint density at radius 2 is 1.67 bits per heavy atom. The van der Waals surface area contributed by atoms with Crippen LogP contribution in [0.25, 0.3) is 0 Å². The van der Waals surface area contributed by atoms with E-state index in [9.17, 15) is 19.8 Å². The van der Waals surface area contributed by atoms with Gasteiger partial charge in [-0.15, -0.1) is 0 Å². The highest BCUT2D eigenvalue weighted by molar-refractivity contribution is 5.88. The molecule has 1 saturated heterocycles. The van der Waals surface area contributed by atoms with Crippen LogP contribution in [0.2, 0.25) is 0 Å². The first-order valence-corrected chi connectivity index (χ1v) is 7.43.